The van der Waals surface area contributed by atoms with E-state index >= 15 is 0 Å². The fourth-order valence-electron chi connectivity index (χ4n) is 4.79. The first-order valence-corrected chi connectivity index (χ1v) is 10.6. The van der Waals surface area contributed by atoms with Crippen LogP contribution in [0.1, 0.15) is 34.3 Å². The molecule has 0 aromatic carbocycles. The highest BCUT2D eigenvalue weighted by Gasteiger charge is 2.47. The molecule has 3 atom stereocenters. The molecule has 31 heavy (non-hydrogen) atoms. The van der Waals surface area contributed by atoms with Gasteiger partial charge in [-0.05, 0) is 68.0 Å². The highest BCUT2D eigenvalue weighted by atomic mass is 19.1. The number of aromatic nitrogens is 3. The smallest absolute Gasteiger partial charge is 0.256 e. The molecule has 2 bridgehead atoms. The van der Waals surface area contributed by atoms with Crippen molar-refractivity contribution >= 4 is 11.7 Å². The zero-order valence-corrected chi connectivity index (χ0v) is 17.5. The average molecular weight is 417 g/mol. The second kappa shape index (κ2) is 7.72. The summed E-state index contributed by atoms with van der Waals surface area (Å²) >= 11 is 0. The molecule has 1 saturated heterocycles. The lowest BCUT2D eigenvalue weighted by Crippen LogP contribution is -2.48. The number of anilines is 1. The van der Waals surface area contributed by atoms with Crippen LogP contribution in [0.2, 0.25) is 0 Å². The van der Waals surface area contributed by atoms with Crippen LogP contribution >= 0.6 is 0 Å². The summed E-state index contributed by atoms with van der Waals surface area (Å²) in [7, 11) is 0. The molecular formula is C24H24FN5O. The van der Waals surface area contributed by atoms with Crippen molar-refractivity contribution in [3.63, 3.8) is 0 Å². The van der Waals surface area contributed by atoms with E-state index in [9.17, 15) is 9.18 Å². The molecule has 158 valence electrons. The van der Waals surface area contributed by atoms with Crippen molar-refractivity contribution in [3.8, 4) is 11.4 Å². The standard InChI is InChI=1S/C24H24FN5O/c1-14-5-6-21(27-11-14)29-19-9-16-10-20(19)30(13-16)24(31)17-8-15(2)12-28-22(17)23-18(25)4-3-7-26-23/h3-8,11-12,16,19-20H,9-10,13H2,1-2H3,(H,27,29). The fourth-order valence-corrected chi connectivity index (χ4v) is 4.79. The summed E-state index contributed by atoms with van der Waals surface area (Å²) < 4.78 is 14.4. The van der Waals surface area contributed by atoms with E-state index in [1.807, 2.05) is 37.1 Å². The summed E-state index contributed by atoms with van der Waals surface area (Å²) in [6, 6.07) is 8.87. The molecule has 7 heteroatoms. The van der Waals surface area contributed by atoms with Gasteiger partial charge in [-0.25, -0.2) is 9.37 Å². The molecule has 3 aromatic rings. The van der Waals surface area contributed by atoms with Gasteiger partial charge in [-0.1, -0.05) is 6.07 Å². The summed E-state index contributed by atoms with van der Waals surface area (Å²) in [4.78, 5) is 28.5. The lowest BCUT2D eigenvalue weighted by Gasteiger charge is -2.34. The summed E-state index contributed by atoms with van der Waals surface area (Å²) in [5.74, 6) is 0.668. The van der Waals surface area contributed by atoms with Crippen LogP contribution in [0.15, 0.2) is 48.9 Å². The van der Waals surface area contributed by atoms with Gasteiger partial charge in [0.1, 0.15) is 17.2 Å². The maximum atomic E-state index is 14.4. The van der Waals surface area contributed by atoms with Gasteiger partial charge >= 0.3 is 0 Å². The third-order valence-corrected chi connectivity index (χ3v) is 6.22. The van der Waals surface area contributed by atoms with Crippen molar-refractivity contribution in [1.82, 2.24) is 19.9 Å². The van der Waals surface area contributed by atoms with E-state index in [4.69, 9.17) is 0 Å². The van der Waals surface area contributed by atoms with Gasteiger partial charge in [0.05, 0.1) is 11.6 Å². The molecule has 2 aliphatic rings. The first-order chi connectivity index (χ1) is 15.0. The minimum Gasteiger partial charge on any atom is -0.365 e. The van der Waals surface area contributed by atoms with Gasteiger partial charge in [-0.2, -0.15) is 0 Å². The number of aryl methyl sites for hydroxylation is 2. The van der Waals surface area contributed by atoms with Crippen LogP contribution in [0, 0.1) is 25.6 Å². The van der Waals surface area contributed by atoms with Crippen LogP contribution in [0.25, 0.3) is 11.4 Å². The van der Waals surface area contributed by atoms with E-state index in [1.165, 1.54) is 18.3 Å². The lowest BCUT2D eigenvalue weighted by molar-refractivity contribution is 0.0692. The highest BCUT2D eigenvalue weighted by Crippen LogP contribution is 2.40. The summed E-state index contributed by atoms with van der Waals surface area (Å²) in [5, 5.41) is 3.51. The Labute approximate surface area is 180 Å². The monoisotopic (exact) mass is 417 g/mol. The second-order valence-corrected chi connectivity index (χ2v) is 8.58. The van der Waals surface area contributed by atoms with E-state index in [1.54, 1.807) is 12.3 Å². The molecule has 3 unspecified atom stereocenters. The third kappa shape index (κ3) is 3.65. The molecule has 1 aliphatic carbocycles. The number of halogens is 1. The number of pyridine rings is 3. The van der Waals surface area contributed by atoms with Crippen molar-refractivity contribution in [2.45, 2.75) is 38.8 Å². The number of fused-ring (bicyclic) bond motifs is 2. The highest BCUT2D eigenvalue weighted by molar-refractivity contribution is 6.00. The Morgan fingerprint density at radius 1 is 1.06 bits per heavy atom. The van der Waals surface area contributed by atoms with Gasteiger partial charge in [-0.3, -0.25) is 14.8 Å². The number of carbonyl (C=O) groups excluding carboxylic acids is 1. The minimum absolute atomic E-state index is 0.0718. The number of piperidine rings is 1. The van der Waals surface area contributed by atoms with Gasteiger partial charge in [0.2, 0.25) is 0 Å². The van der Waals surface area contributed by atoms with Crippen LogP contribution in [0.3, 0.4) is 0 Å². The van der Waals surface area contributed by atoms with Crippen LogP contribution in [0.4, 0.5) is 10.2 Å². The Balaban J connectivity index is 1.44. The Hall–Kier alpha value is -3.35. The first-order valence-electron chi connectivity index (χ1n) is 10.6. The molecular weight excluding hydrogens is 393 g/mol. The number of hydrogen-bond acceptors (Lipinski definition) is 5. The van der Waals surface area contributed by atoms with E-state index in [0.29, 0.717) is 23.7 Å². The maximum absolute atomic E-state index is 14.4. The molecule has 3 aromatic heterocycles. The SMILES string of the molecule is Cc1ccc(NC2CC3CC2N(C(=O)c2cc(C)cnc2-c2ncccc2F)C3)nc1. The topological polar surface area (TPSA) is 71.0 Å². The minimum atomic E-state index is -0.485. The molecule has 2 fully saturated rings. The van der Waals surface area contributed by atoms with Crippen molar-refractivity contribution in [1.29, 1.82) is 0 Å². The molecule has 0 spiro atoms. The number of amides is 1. The quantitative estimate of drug-likeness (QED) is 0.695. The zero-order valence-electron chi connectivity index (χ0n) is 17.5. The van der Waals surface area contributed by atoms with E-state index in [-0.39, 0.29) is 23.7 Å². The summed E-state index contributed by atoms with van der Waals surface area (Å²) in [6.45, 7) is 4.60. The predicted molar refractivity (Wildman–Crippen MR) is 116 cm³/mol. The predicted octanol–water partition coefficient (Wildman–Crippen LogP) is 4.01. The Morgan fingerprint density at radius 2 is 1.90 bits per heavy atom. The number of rotatable bonds is 4. The van der Waals surface area contributed by atoms with E-state index in [0.717, 1.165) is 29.8 Å². The van der Waals surface area contributed by atoms with Crippen LogP contribution in [0.5, 0.6) is 0 Å². The average Bonchev–Trinajstić information content (AvgIpc) is 3.36. The van der Waals surface area contributed by atoms with Crippen LogP contribution in [-0.4, -0.2) is 44.4 Å². The number of likely N-dealkylation sites (tertiary alicyclic amines) is 1. The van der Waals surface area contributed by atoms with Crippen LogP contribution < -0.4 is 5.32 Å². The summed E-state index contributed by atoms with van der Waals surface area (Å²) in [5.41, 5.74) is 2.76. The van der Waals surface area contributed by atoms with Gasteiger partial charge in [-0.15, -0.1) is 0 Å². The van der Waals surface area contributed by atoms with E-state index < -0.39 is 5.82 Å². The molecule has 1 aliphatic heterocycles. The van der Waals surface area contributed by atoms with Gasteiger partial charge < -0.3 is 10.2 Å². The number of hydrogen-bond donors (Lipinski definition) is 1. The Bertz CT molecular complexity index is 1130. The van der Waals surface area contributed by atoms with Gasteiger partial charge in [0, 0.05) is 31.2 Å². The van der Waals surface area contributed by atoms with E-state index in [2.05, 4.69) is 20.3 Å². The van der Waals surface area contributed by atoms with Crippen molar-refractivity contribution in [2.24, 2.45) is 5.92 Å². The van der Waals surface area contributed by atoms with Crippen LogP contribution in [-0.2, 0) is 0 Å². The Kier molecular flexibility index (Phi) is 4.88. The van der Waals surface area contributed by atoms with Crippen molar-refractivity contribution in [2.75, 3.05) is 11.9 Å². The van der Waals surface area contributed by atoms with Gasteiger partial charge in [0.15, 0.2) is 5.82 Å². The zero-order chi connectivity index (χ0) is 21.5. The summed E-state index contributed by atoms with van der Waals surface area (Å²) in [6.07, 6.45) is 6.97. The van der Waals surface area contributed by atoms with Crippen molar-refractivity contribution < 1.29 is 9.18 Å². The third-order valence-electron chi connectivity index (χ3n) is 6.22. The molecule has 1 amide bonds. The normalized spacial score (nSPS) is 22.0. The number of carbonyl (C=O) groups is 1. The maximum Gasteiger partial charge on any atom is 0.256 e. The Morgan fingerprint density at radius 3 is 2.65 bits per heavy atom. The molecule has 1 saturated carbocycles. The number of nitrogens with one attached hydrogen (secondary N) is 1. The first kappa shape index (κ1) is 19.6. The molecule has 6 nitrogen and oxygen atoms in total. The number of nitrogens with zero attached hydrogens (tertiary/aromatic N) is 4. The largest absolute Gasteiger partial charge is 0.365 e. The fraction of sp³-hybridized carbons (Fsp3) is 0.333. The molecule has 0 radical (unpaired) electrons. The molecule has 1 N–H and O–H groups in total. The second-order valence-electron chi connectivity index (χ2n) is 8.58. The molecule has 4 heterocycles. The lowest BCUT2D eigenvalue weighted by atomic mass is 10.0. The van der Waals surface area contributed by atoms with Gasteiger partial charge in [0.25, 0.3) is 5.91 Å². The van der Waals surface area contributed by atoms with Crippen molar-refractivity contribution in [3.05, 3.63) is 71.4 Å². The molecule has 5 rings (SSSR count).